The Kier molecular flexibility index (Phi) is 6.55. The van der Waals surface area contributed by atoms with Crippen LogP contribution in [0.2, 0.25) is 10.0 Å². The van der Waals surface area contributed by atoms with Gasteiger partial charge in [-0.05, 0) is 30.3 Å². The number of carbonyl (C=O) groups excluding carboxylic acids is 2. The maximum Gasteiger partial charge on any atom is 0.254 e. The lowest BCUT2D eigenvalue weighted by Crippen LogP contribution is -2.40. The van der Waals surface area contributed by atoms with E-state index in [-0.39, 0.29) is 18.4 Å². The van der Waals surface area contributed by atoms with E-state index < -0.39 is 0 Å². The van der Waals surface area contributed by atoms with Crippen molar-refractivity contribution < 1.29 is 14.3 Å². The third-order valence-corrected chi connectivity index (χ3v) is 4.91. The Morgan fingerprint density at radius 3 is 2.59 bits per heavy atom. The normalized spacial score (nSPS) is 13.9. The lowest BCUT2D eigenvalue weighted by atomic mass is 10.1. The van der Waals surface area contributed by atoms with E-state index in [1.807, 2.05) is 0 Å². The molecule has 0 saturated carbocycles. The van der Waals surface area contributed by atoms with E-state index in [1.165, 1.54) is 0 Å². The van der Waals surface area contributed by atoms with Crippen LogP contribution in [0, 0.1) is 0 Å². The zero-order valence-corrected chi connectivity index (χ0v) is 16.0. The fourth-order valence-electron chi connectivity index (χ4n) is 2.69. The summed E-state index contributed by atoms with van der Waals surface area (Å²) in [6, 6.07) is 12.1. The Morgan fingerprint density at radius 1 is 1.07 bits per heavy atom. The Morgan fingerprint density at radius 2 is 1.81 bits per heavy atom. The lowest BCUT2D eigenvalue weighted by molar-refractivity contribution is -0.114. The molecule has 2 N–H and O–H groups in total. The highest BCUT2D eigenvalue weighted by Gasteiger charge is 2.18. The number of benzene rings is 2. The topological polar surface area (TPSA) is 70.7 Å². The van der Waals surface area contributed by atoms with Gasteiger partial charge in [0.15, 0.2) is 0 Å². The molecule has 2 aromatic carbocycles. The van der Waals surface area contributed by atoms with Crippen LogP contribution in [0.4, 0.5) is 11.4 Å². The number of rotatable bonds is 5. The van der Waals surface area contributed by atoms with E-state index in [9.17, 15) is 9.59 Å². The maximum absolute atomic E-state index is 12.5. The molecule has 142 valence electrons. The number of amides is 2. The van der Waals surface area contributed by atoms with Crippen molar-refractivity contribution >= 4 is 46.4 Å². The third kappa shape index (κ3) is 5.13. The fraction of sp³-hybridized carbons (Fsp3) is 0.263. The molecular formula is C19H19Cl2N3O3. The Bertz CT molecular complexity index is 839. The van der Waals surface area contributed by atoms with Crippen LogP contribution in [0.15, 0.2) is 42.5 Å². The second kappa shape index (κ2) is 9.08. The van der Waals surface area contributed by atoms with E-state index in [2.05, 4.69) is 10.6 Å². The van der Waals surface area contributed by atoms with Crippen LogP contribution in [-0.2, 0) is 9.53 Å². The van der Waals surface area contributed by atoms with Gasteiger partial charge in [-0.2, -0.15) is 0 Å². The van der Waals surface area contributed by atoms with E-state index in [1.54, 1.807) is 47.4 Å². The number of ether oxygens (including phenoxy) is 1. The predicted molar refractivity (Wildman–Crippen MR) is 107 cm³/mol. The van der Waals surface area contributed by atoms with Crippen molar-refractivity contribution in [3.63, 3.8) is 0 Å². The average molecular weight is 408 g/mol. The fourth-order valence-corrected chi connectivity index (χ4v) is 3.04. The van der Waals surface area contributed by atoms with Gasteiger partial charge in [0.1, 0.15) is 0 Å². The average Bonchev–Trinajstić information content (AvgIpc) is 2.70. The molecule has 8 heteroatoms. The largest absolute Gasteiger partial charge is 0.378 e. The lowest BCUT2D eigenvalue weighted by Gasteiger charge is -2.27. The van der Waals surface area contributed by atoms with Gasteiger partial charge in [0, 0.05) is 24.3 Å². The quantitative estimate of drug-likeness (QED) is 0.795. The van der Waals surface area contributed by atoms with Gasteiger partial charge in [-0.15, -0.1) is 0 Å². The SMILES string of the molecule is O=C(CNc1cccc(C(=O)N2CCOCC2)c1)Nc1cccc(Cl)c1Cl. The van der Waals surface area contributed by atoms with Crippen molar-refractivity contribution in [2.75, 3.05) is 43.5 Å². The van der Waals surface area contributed by atoms with Gasteiger partial charge in [-0.3, -0.25) is 9.59 Å². The van der Waals surface area contributed by atoms with Crippen molar-refractivity contribution in [2.45, 2.75) is 0 Å². The molecule has 1 saturated heterocycles. The Labute approximate surface area is 167 Å². The molecule has 0 bridgehead atoms. The van der Waals surface area contributed by atoms with Gasteiger partial charge in [0.25, 0.3) is 5.91 Å². The van der Waals surface area contributed by atoms with E-state index in [0.717, 1.165) is 0 Å². The number of anilines is 2. The molecule has 1 aliphatic heterocycles. The summed E-state index contributed by atoms with van der Waals surface area (Å²) in [7, 11) is 0. The van der Waals surface area contributed by atoms with Crippen molar-refractivity contribution in [1.82, 2.24) is 4.90 Å². The predicted octanol–water partition coefficient (Wildman–Crippen LogP) is 3.52. The van der Waals surface area contributed by atoms with Gasteiger partial charge < -0.3 is 20.3 Å². The zero-order chi connectivity index (χ0) is 19.2. The summed E-state index contributed by atoms with van der Waals surface area (Å²) < 4.78 is 5.27. The molecule has 0 unspecified atom stereocenters. The molecule has 0 atom stereocenters. The van der Waals surface area contributed by atoms with Gasteiger partial charge in [-0.25, -0.2) is 0 Å². The standard InChI is InChI=1S/C19H19Cl2N3O3/c20-15-5-2-6-16(18(15)21)23-17(25)12-22-14-4-1-3-13(11-14)19(26)24-7-9-27-10-8-24/h1-6,11,22H,7-10,12H2,(H,23,25). The Balaban J connectivity index is 1.58. The first-order valence-electron chi connectivity index (χ1n) is 8.49. The molecule has 27 heavy (non-hydrogen) atoms. The summed E-state index contributed by atoms with van der Waals surface area (Å²) in [4.78, 5) is 26.4. The molecule has 1 heterocycles. The monoisotopic (exact) mass is 407 g/mol. The number of morpholine rings is 1. The van der Waals surface area contributed by atoms with E-state index >= 15 is 0 Å². The first-order chi connectivity index (χ1) is 13.0. The molecule has 0 spiro atoms. The van der Waals surface area contributed by atoms with Crippen molar-refractivity contribution in [2.24, 2.45) is 0 Å². The summed E-state index contributed by atoms with van der Waals surface area (Å²) in [6.07, 6.45) is 0. The maximum atomic E-state index is 12.5. The first-order valence-corrected chi connectivity index (χ1v) is 9.25. The van der Waals surface area contributed by atoms with Gasteiger partial charge >= 0.3 is 0 Å². The molecule has 2 aromatic rings. The summed E-state index contributed by atoms with van der Waals surface area (Å²) in [6.45, 7) is 2.29. The summed E-state index contributed by atoms with van der Waals surface area (Å²) in [5.41, 5.74) is 1.70. The highest BCUT2D eigenvalue weighted by molar-refractivity contribution is 6.44. The zero-order valence-electron chi connectivity index (χ0n) is 14.5. The number of halogens is 2. The van der Waals surface area contributed by atoms with Crippen molar-refractivity contribution in [3.05, 3.63) is 58.1 Å². The van der Waals surface area contributed by atoms with Crippen molar-refractivity contribution in [1.29, 1.82) is 0 Å². The molecule has 0 aromatic heterocycles. The molecule has 2 amide bonds. The number of nitrogens with one attached hydrogen (secondary N) is 2. The second-order valence-electron chi connectivity index (χ2n) is 5.99. The second-order valence-corrected chi connectivity index (χ2v) is 6.77. The number of nitrogens with zero attached hydrogens (tertiary/aromatic N) is 1. The van der Waals surface area contributed by atoms with Crippen LogP contribution < -0.4 is 10.6 Å². The van der Waals surface area contributed by atoms with Crippen LogP contribution in [0.3, 0.4) is 0 Å². The van der Waals surface area contributed by atoms with Crippen LogP contribution >= 0.6 is 23.2 Å². The van der Waals surface area contributed by atoms with Crippen molar-refractivity contribution in [3.8, 4) is 0 Å². The summed E-state index contributed by atoms with van der Waals surface area (Å²) >= 11 is 12.0. The van der Waals surface area contributed by atoms with E-state index in [4.69, 9.17) is 27.9 Å². The molecule has 3 rings (SSSR count). The molecule has 0 radical (unpaired) electrons. The number of hydrogen-bond donors (Lipinski definition) is 2. The molecule has 0 aliphatic carbocycles. The number of carbonyl (C=O) groups is 2. The molecular weight excluding hydrogens is 389 g/mol. The number of hydrogen-bond acceptors (Lipinski definition) is 4. The molecule has 6 nitrogen and oxygen atoms in total. The van der Waals surface area contributed by atoms with Gasteiger partial charge in [0.2, 0.25) is 5.91 Å². The van der Waals surface area contributed by atoms with Crippen LogP contribution in [0.1, 0.15) is 10.4 Å². The molecule has 1 aliphatic rings. The third-order valence-electron chi connectivity index (χ3n) is 4.09. The minimum absolute atomic E-state index is 0.0258. The van der Waals surface area contributed by atoms with Crippen LogP contribution in [0.25, 0.3) is 0 Å². The molecule has 1 fully saturated rings. The highest BCUT2D eigenvalue weighted by atomic mass is 35.5. The van der Waals surface area contributed by atoms with Gasteiger partial charge in [0.05, 0.1) is 35.5 Å². The minimum atomic E-state index is -0.274. The Hall–Kier alpha value is -2.28. The summed E-state index contributed by atoms with van der Waals surface area (Å²) in [5.74, 6) is -0.318. The van der Waals surface area contributed by atoms with Crippen LogP contribution in [0.5, 0.6) is 0 Å². The first kappa shape index (κ1) is 19.5. The van der Waals surface area contributed by atoms with Gasteiger partial charge in [-0.1, -0.05) is 35.3 Å². The summed E-state index contributed by atoms with van der Waals surface area (Å²) in [5, 5.41) is 6.39. The smallest absolute Gasteiger partial charge is 0.254 e. The van der Waals surface area contributed by atoms with E-state index in [0.29, 0.717) is 53.3 Å². The minimum Gasteiger partial charge on any atom is -0.378 e. The highest BCUT2D eigenvalue weighted by Crippen LogP contribution is 2.29. The van der Waals surface area contributed by atoms with Crippen LogP contribution in [-0.4, -0.2) is 49.6 Å².